The summed E-state index contributed by atoms with van der Waals surface area (Å²) in [7, 11) is 0. The van der Waals surface area contributed by atoms with Crippen molar-refractivity contribution < 1.29 is 9.59 Å². The molecule has 0 heterocycles. The summed E-state index contributed by atoms with van der Waals surface area (Å²) >= 11 is 0. The van der Waals surface area contributed by atoms with Gasteiger partial charge >= 0.3 is 0 Å². The molecule has 0 aromatic heterocycles. The Kier molecular flexibility index (Phi) is 10.1. The molecule has 0 rings (SSSR count). The zero-order valence-corrected chi connectivity index (χ0v) is 12.7. The highest BCUT2D eigenvalue weighted by Crippen LogP contribution is 2.00. The van der Waals surface area contributed by atoms with Crippen molar-refractivity contribution >= 4 is 11.8 Å². The van der Waals surface area contributed by atoms with Gasteiger partial charge in [-0.05, 0) is 18.4 Å². The van der Waals surface area contributed by atoms with Gasteiger partial charge in [0.25, 0.3) is 0 Å². The Morgan fingerprint density at radius 3 is 1.85 bits per heavy atom. The zero-order valence-electron chi connectivity index (χ0n) is 12.7. The van der Waals surface area contributed by atoms with Crippen LogP contribution >= 0.6 is 0 Å². The number of hydrogen-bond donors (Lipinski definition) is 0. The number of carbonyl (C=O) groups is 2. The Hall–Kier alpha value is -1.75. The number of rotatable bonds is 10. The molecule has 0 aliphatic heterocycles. The van der Waals surface area contributed by atoms with E-state index in [9.17, 15) is 9.59 Å². The number of azide groups is 1. The van der Waals surface area contributed by atoms with E-state index < -0.39 is 0 Å². The largest absolute Gasteiger partial charge is 0.341 e. The van der Waals surface area contributed by atoms with Gasteiger partial charge in [-0.2, -0.15) is 0 Å². The van der Waals surface area contributed by atoms with Crippen molar-refractivity contribution in [2.24, 2.45) is 5.11 Å². The Bertz CT molecular complexity index is 353. The maximum Gasteiger partial charge on any atom is 0.228 e. The highest BCUT2D eigenvalue weighted by Gasteiger charge is 2.15. The summed E-state index contributed by atoms with van der Waals surface area (Å²) in [5.41, 5.74) is 8.25. The van der Waals surface area contributed by atoms with E-state index in [2.05, 4.69) is 10.0 Å². The first-order valence-corrected chi connectivity index (χ1v) is 7.17. The molecular formula is C13H25N5O2. The standard InChI is InChI=1S/C13H25N5O2/c1-4-7-17(12(19)6-3)9-10-18(8-5-2)13(20)11-15-16-14/h4-11H2,1-3H3. The fourth-order valence-electron chi connectivity index (χ4n) is 1.92. The van der Waals surface area contributed by atoms with Crippen molar-refractivity contribution in [3.8, 4) is 0 Å². The van der Waals surface area contributed by atoms with Gasteiger partial charge in [0.1, 0.15) is 6.54 Å². The molecule has 20 heavy (non-hydrogen) atoms. The monoisotopic (exact) mass is 283 g/mol. The molecule has 7 nitrogen and oxygen atoms in total. The Morgan fingerprint density at radius 2 is 1.45 bits per heavy atom. The summed E-state index contributed by atoms with van der Waals surface area (Å²) in [5.74, 6) is -0.0872. The van der Waals surface area contributed by atoms with E-state index in [1.807, 2.05) is 20.8 Å². The Morgan fingerprint density at radius 1 is 0.950 bits per heavy atom. The minimum absolute atomic E-state index is 0.103. The third-order valence-corrected chi connectivity index (χ3v) is 2.90. The van der Waals surface area contributed by atoms with Crippen molar-refractivity contribution in [3.05, 3.63) is 10.4 Å². The lowest BCUT2D eigenvalue weighted by Crippen LogP contribution is -2.42. The summed E-state index contributed by atoms with van der Waals surface area (Å²) in [5, 5.41) is 3.30. The zero-order chi connectivity index (χ0) is 15.4. The topological polar surface area (TPSA) is 89.4 Å². The summed E-state index contributed by atoms with van der Waals surface area (Å²) in [6.07, 6.45) is 2.20. The van der Waals surface area contributed by atoms with Crippen LogP contribution in [0.5, 0.6) is 0 Å². The second kappa shape index (κ2) is 11.1. The fraction of sp³-hybridized carbons (Fsp3) is 0.846. The minimum Gasteiger partial charge on any atom is -0.341 e. The van der Waals surface area contributed by atoms with Crippen molar-refractivity contribution in [2.45, 2.75) is 40.0 Å². The molecule has 0 aliphatic carbocycles. The summed E-state index contributed by atoms with van der Waals surface area (Å²) in [6.45, 7) is 8.01. The van der Waals surface area contributed by atoms with Gasteiger partial charge in [0.15, 0.2) is 0 Å². The molecule has 0 aromatic carbocycles. The fourth-order valence-corrected chi connectivity index (χ4v) is 1.92. The molecule has 0 bridgehead atoms. The summed E-state index contributed by atoms with van der Waals surface area (Å²) in [6, 6.07) is 0. The van der Waals surface area contributed by atoms with Crippen molar-refractivity contribution in [1.82, 2.24) is 9.80 Å². The molecule has 114 valence electrons. The van der Waals surface area contributed by atoms with E-state index in [0.29, 0.717) is 32.6 Å². The van der Waals surface area contributed by atoms with Gasteiger partial charge in [-0.15, -0.1) is 0 Å². The van der Waals surface area contributed by atoms with E-state index in [0.717, 1.165) is 12.8 Å². The third-order valence-electron chi connectivity index (χ3n) is 2.90. The van der Waals surface area contributed by atoms with Crippen molar-refractivity contribution in [3.63, 3.8) is 0 Å². The van der Waals surface area contributed by atoms with Gasteiger partial charge in [0.05, 0.1) is 0 Å². The Labute approximate surface area is 120 Å². The van der Waals surface area contributed by atoms with Crippen molar-refractivity contribution in [1.29, 1.82) is 0 Å². The van der Waals surface area contributed by atoms with Crippen LogP contribution in [-0.4, -0.2) is 54.3 Å². The molecule has 0 saturated carbocycles. The van der Waals surface area contributed by atoms with E-state index >= 15 is 0 Å². The number of nitrogens with zero attached hydrogens (tertiary/aromatic N) is 5. The first-order valence-electron chi connectivity index (χ1n) is 7.17. The molecule has 2 amide bonds. The number of carbonyl (C=O) groups excluding carboxylic acids is 2. The molecule has 0 fully saturated rings. The highest BCUT2D eigenvalue weighted by molar-refractivity contribution is 5.78. The van der Waals surface area contributed by atoms with Gasteiger partial charge in [0, 0.05) is 37.5 Å². The molecule has 0 saturated heterocycles. The normalized spacial score (nSPS) is 9.75. The molecule has 0 N–H and O–H groups in total. The highest BCUT2D eigenvalue weighted by atomic mass is 16.2. The number of hydrogen-bond acceptors (Lipinski definition) is 3. The molecular weight excluding hydrogens is 258 g/mol. The van der Waals surface area contributed by atoms with Crippen LogP contribution in [0.2, 0.25) is 0 Å². The van der Waals surface area contributed by atoms with Crippen LogP contribution in [0.3, 0.4) is 0 Å². The van der Waals surface area contributed by atoms with Gasteiger partial charge in [-0.25, -0.2) is 0 Å². The average Bonchev–Trinajstić information content (AvgIpc) is 2.46. The van der Waals surface area contributed by atoms with Crippen LogP contribution in [0, 0.1) is 0 Å². The van der Waals surface area contributed by atoms with Gasteiger partial charge in [-0.1, -0.05) is 25.9 Å². The second-order valence-electron chi connectivity index (χ2n) is 4.50. The third kappa shape index (κ3) is 6.99. The first-order chi connectivity index (χ1) is 9.60. The molecule has 0 aliphatic rings. The molecule has 0 radical (unpaired) electrons. The van der Waals surface area contributed by atoms with E-state index in [1.54, 1.807) is 9.80 Å². The van der Waals surface area contributed by atoms with Crippen LogP contribution in [0.25, 0.3) is 10.4 Å². The maximum absolute atomic E-state index is 11.9. The SMILES string of the molecule is CCCN(CCN(CCC)C(=O)CN=[N+]=[N-])C(=O)CC. The molecule has 0 aromatic rings. The van der Waals surface area contributed by atoms with Crippen LogP contribution in [0.1, 0.15) is 40.0 Å². The lowest BCUT2D eigenvalue weighted by molar-refractivity contribution is -0.134. The van der Waals surface area contributed by atoms with Crippen LogP contribution in [-0.2, 0) is 9.59 Å². The van der Waals surface area contributed by atoms with Gasteiger partial charge in [0.2, 0.25) is 11.8 Å². The van der Waals surface area contributed by atoms with Crippen LogP contribution in [0.15, 0.2) is 5.11 Å². The molecule has 0 unspecified atom stereocenters. The average molecular weight is 283 g/mol. The summed E-state index contributed by atoms with van der Waals surface area (Å²) < 4.78 is 0. The predicted molar refractivity (Wildman–Crippen MR) is 78.0 cm³/mol. The lowest BCUT2D eigenvalue weighted by atomic mass is 10.3. The molecule has 0 atom stereocenters. The van der Waals surface area contributed by atoms with Crippen molar-refractivity contribution in [2.75, 3.05) is 32.7 Å². The van der Waals surface area contributed by atoms with E-state index in [1.165, 1.54) is 0 Å². The summed E-state index contributed by atoms with van der Waals surface area (Å²) in [4.78, 5) is 29.7. The quantitative estimate of drug-likeness (QED) is 0.349. The second-order valence-corrected chi connectivity index (χ2v) is 4.50. The number of amides is 2. The smallest absolute Gasteiger partial charge is 0.228 e. The Balaban J connectivity index is 4.52. The van der Waals surface area contributed by atoms with Crippen LogP contribution < -0.4 is 0 Å². The maximum atomic E-state index is 11.9. The van der Waals surface area contributed by atoms with E-state index in [-0.39, 0.29) is 18.4 Å². The molecule has 0 spiro atoms. The minimum atomic E-state index is -0.190. The first kappa shape index (κ1) is 18.2. The lowest BCUT2D eigenvalue weighted by Gasteiger charge is -2.27. The van der Waals surface area contributed by atoms with Gasteiger partial charge < -0.3 is 9.80 Å². The van der Waals surface area contributed by atoms with Gasteiger partial charge in [-0.3, -0.25) is 9.59 Å². The van der Waals surface area contributed by atoms with E-state index in [4.69, 9.17) is 5.53 Å². The molecule has 7 heteroatoms. The van der Waals surface area contributed by atoms with Crippen LogP contribution in [0.4, 0.5) is 0 Å². The predicted octanol–water partition coefficient (Wildman–Crippen LogP) is 2.18.